The maximum atomic E-state index is 13.0. The predicted octanol–water partition coefficient (Wildman–Crippen LogP) is 5.28. The number of benzene rings is 1. The summed E-state index contributed by atoms with van der Waals surface area (Å²) in [5.74, 6) is 1.64. The minimum atomic E-state index is -0.168. The summed E-state index contributed by atoms with van der Waals surface area (Å²) in [7, 11) is 0. The van der Waals surface area contributed by atoms with Crippen molar-refractivity contribution in [3.05, 3.63) is 57.5 Å². The molecule has 0 saturated heterocycles. The van der Waals surface area contributed by atoms with Crippen LogP contribution in [0.2, 0.25) is 0 Å². The number of rotatable bonds is 7. The first-order chi connectivity index (χ1) is 13.7. The molecule has 0 aliphatic heterocycles. The second-order valence-electron chi connectivity index (χ2n) is 6.39. The molecule has 144 valence electrons. The molecule has 3 heterocycles. The molecule has 5 nitrogen and oxygen atoms in total. The van der Waals surface area contributed by atoms with Crippen molar-refractivity contribution in [1.29, 1.82) is 0 Å². The summed E-state index contributed by atoms with van der Waals surface area (Å²) < 4.78 is 0. The van der Waals surface area contributed by atoms with E-state index in [2.05, 4.69) is 26.9 Å². The molecule has 0 radical (unpaired) electrons. The molecule has 0 fully saturated rings. The highest BCUT2D eigenvalue weighted by molar-refractivity contribution is 7.98. The van der Waals surface area contributed by atoms with Crippen LogP contribution >= 0.6 is 34.4 Å². The summed E-state index contributed by atoms with van der Waals surface area (Å²) >= 11 is 4.83. The van der Waals surface area contributed by atoms with E-state index in [1.807, 2.05) is 42.6 Å². The zero-order valence-corrected chi connectivity index (χ0v) is 18.0. The predicted molar refractivity (Wildman–Crippen MR) is 119 cm³/mol. The highest BCUT2D eigenvalue weighted by atomic mass is 32.2. The van der Waals surface area contributed by atoms with Gasteiger partial charge in [-0.3, -0.25) is 4.79 Å². The Morgan fingerprint density at radius 3 is 2.89 bits per heavy atom. The van der Waals surface area contributed by atoms with Gasteiger partial charge in [0.25, 0.3) is 5.91 Å². The number of imidazole rings is 1. The Bertz CT molecular complexity index is 1050. The van der Waals surface area contributed by atoms with Crippen LogP contribution in [-0.2, 0) is 0 Å². The maximum Gasteiger partial charge on any atom is 0.263 e. The van der Waals surface area contributed by atoms with E-state index in [4.69, 9.17) is 4.98 Å². The molecule has 4 aromatic rings. The third-order valence-electron chi connectivity index (χ3n) is 4.42. The molecule has 8 heteroatoms. The first-order valence-corrected chi connectivity index (χ1v) is 12.1. The summed E-state index contributed by atoms with van der Waals surface area (Å²) in [4.78, 5) is 26.3. The number of carbonyl (C=O) groups excluding carboxylic acids is 1. The molecule has 0 aliphatic carbocycles. The number of H-pyrrole nitrogens is 1. The third kappa shape index (κ3) is 3.99. The molecule has 0 unspecified atom stereocenters. The SMILES string of the molecule is CSCC[C@@H](NC(=O)c1sc(-c2ccsc2)nc1C)c1nc2ccccc2[nH]1. The van der Waals surface area contributed by atoms with Gasteiger partial charge in [-0.25, -0.2) is 9.97 Å². The number of aromatic amines is 1. The van der Waals surface area contributed by atoms with Crippen LogP contribution in [0, 0.1) is 6.92 Å². The summed E-state index contributed by atoms with van der Waals surface area (Å²) in [5.41, 5.74) is 3.72. The van der Waals surface area contributed by atoms with Crippen LogP contribution in [0.4, 0.5) is 0 Å². The quantitative estimate of drug-likeness (QED) is 0.420. The van der Waals surface area contributed by atoms with E-state index in [0.29, 0.717) is 4.88 Å². The number of fused-ring (bicyclic) bond motifs is 1. The average Bonchev–Trinajstić information content (AvgIpc) is 3.43. The molecule has 0 aliphatic rings. The maximum absolute atomic E-state index is 13.0. The van der Waals surface area contributed by atoms with Gasteiger partial charge in [0.1, 0.15) is 15.7 Å². The lowest BCUT2D eigenvalue weighted by molar-refractivity contribution is 0.0937. The normalized spacial score (nSPS) is 12.4. The fourth-order valence-electron chi connectivity index (χ4n) is 2.99. The van der Waals surface area contributed by atoms with Crippen molar-refractivity contribution in [1.82, 2.24) is 20.3 Å². The van der Waals surface area contributed by atoms with Crippen LogP contribution in [0.1, 0.15) is 33.7 Å². The molecule has 0 spiro atoms. The van der Waals surface area contributed by atoms with Gasteiger partial charge in [-0.05, 0) is 48.9 Å². The summed E-state index contributed by atoms with van der Waals surface area (Å²) in [6.45, 7) is 1.89. The van der Waals surface area contributed by atoms with Gasteiger partial charge >= 0.3 is 0 Å². The monoisotopic (exact) mass is 428 g/mol. The Balaban J connectivity index is 1.59. The van der Waals surface area contributed by atoms with Crippen molar-refractivity contribution in [3.63, 3.8) is 0 Å². The van der Waals surface area contributed by atoms with Crippen LogP contribution in [0.15, 0.2) is 41.1 Å². The molecule has 3 aromatic heterocycles. The number of thiophene rings is 1. The Kier molecular flexibility index (Phi) is 5.79. The van der Waals surface area contributed by atoms with Gasteiger partial charge in [-0.1, -0.05) is 12.1 Å². The number of carbonyl (C=O) groups is 1. The lowest BCUT2D eigenvalue weighted by Crippen LogP contribution is -2.29. The second kappa shape index (κ2) is 8.46. The Morgan fingerprint density at radius 1 is 1.29 bits per heavy atom. The zero-order chi connectivity index (χ0) is 19.5. The Labute approximate surface area is 175 Å². The van der Waals surface area contributed by atoms with Crippen molar-refractivity contribution in [2.75, 3.05) is 12.0 Å². The Morgan fingerprint density at radius 2 is 2.14 bits per heavy atom. The van der Waals surface area contributed by atoms with Gasteiger partial charge in [0.05, 0.1) is 22.8 Å². The fourth-order valence-corrected chi connectivity index (χ4v) is 5.14. The van der Waals surface area contributed by atoms with Crippen molar-refractivity contribution in [3.8, 4) is 10.6 Å². The number of nitrogens with zero attached hydrogens (tertiary/aromatic N) is 2. The number of nitrogens with one attached hydrogen (secondary N) is 2. The van der Waals surface area contributed by atoms with E-state index < -0.39 is 0 Å². The number of aromatic nitrogens is 3. The van der Waals surface area contributed by atoms with Crippen LogP contribution in [0.3, 0.4) is 0 Å². The molecule has 1 atom stereocenters. The van der Waals surface area contributed by atoms with E-state index >= 15 is 0 Å². The van der Waals surface area contributed by atoms with E-state index in [1.54, 1.807) is 23.1 Å². The van der Waals surface area contributed by atoms with Gasteiger partial charge in [-0.2, -0.15) is 23.1 Å². The molecular weight excluding hydrogens is 408 g/mol. The van der Waals surface area contributed by atoms with E-state index in [0.717, 1.165) is 45.3 Å². The number of para-hydroxylation sites is 2. The first kappa shape index (κ1) is 19.2. The molecular formula is C20H20N4OS3. The standard InChI is InChI=1S/C20H20N4OS3/c1-12-17(28-20(21-12)13-7-10-27-11-13)19(25)24-16(8-9-26-2)18-22-14-5-3-4-6-15(14)23-18/h3-7,10-11,16H,8-9H2,1-2H3,(H,22,23)(H,24,25)/t16-/m1/s1. The van der Waals surface area contributed by atoms with Crippen molar-refractivity contribution in [2.24, 2.45) is 0 Å². The number of amides is 1. The van der Waals surface area contributed by atoms with Crippen molar-refractivity contribution >= 4 is 51.4 Å². The second-order valence-corrected chi connectivity index (χ2v) is 9.16. The van der Waals surface area contributed by atoms with E-state index in [-0.39, 0.29) is 11.9 Å². The molecule has 2 N–H and O–H groups in total. The van der Waals surface area contributed by atoms with E-state index in [9.17, 15) is 4.79 Å². The molecule has 1 amide bonds. The molecule has 1 aromatic carbocycles. The topological polar surface area (TPSA) is 70.7 Å². The highest BCUT2D eigenvalue weighted by Crippen LogP contribution is 2.30. The lowest BCUT2D eigenvalue weighted by Gasteiger charge is -2.16. The number of thioether (sulfide) groups is 1. The molecule has 0 saturated carbocycles. The molecule has 28 heavy (non-hydrogen) atoms. The van der Waals surface area contributed by atoms with Gasteiger partial charge < -0.3 is 10.3 Å². The molecule has 0 bridgehead atoms. The zero-order valence-electron chi connectivity index (χ0n) is 15.6. The van der Waals surface area contributed by atoms with E-state index in [1.165, 1.54) is 11.3 Å². The van der Waals surface area contributed by atoms with Crippen LogP contribution < -0.4 is 5.32 Å². The number of hydrogen-bond donors (Lipinski definition) is 2. The fraction of sp³-hybridized carbons (Fsp3) is 0.250. The first-order valence-electron chi connectivity index (χ1n) is 8.90. The smallest absolute Gasteiger partial charge is 0.263 e. The van der Waals surface area contributed by atoms with Crippen LogP contribution in [-0.4, -0.2) is 32.9 Å². The largest absolute Gasteiger partial charge is 0.341 e. The average molecular weight is 429 g/mol. The number of thiazole rings is 1. The van der Waals surface area contributed by atoms with Crippen molar-refractivity contribution in [2.45, 2.75) is 19.4 Å². The van der Waals surface area contributed by atoms with Crippen LogP contribution in [0.5, 0.6) is 0 Å². The minimum absolute atomic E-state index is 0.0944. The summed E-state index contributed by atoms with van der Waals surface area (Å²) in [5, 5.41) is 8.13. The summed E-state index contributed by atoms with van der Waals surface area (Å²) in [6, 6.07) is 9.78. The molecule has 4 rings (SSSR count). The van der Waals surface area contributed by atoms with Gasteiger partial charge in [-0.15, -0.1) is 11.3 Å². The van der Waals surface area contributed by atoms with Crippen molar-refractivity contribution < 1.29 is 4.79 Å². The van der Waals surface area contributed by atoms with Crippen LogP contribution in [0.25, 0.3) is 21.6 Å². The van der Waals surface area contributed by atoms with Gasteiger partial charge in [0.2, 0.25) is 0 Å². The highest BCUT2D eigenvalue weighted by Gasteiger charge is 2.22. The third-order valence-corrected chi connectivity index (χ3v) is 6.96. The Hall–Kier alpha value is -2.16. The number of aryl methyl sites for hydroxylation is 1. The number of hydrogen-bond acceptors (Lipinski definition) is 6. The lowest BCUT2D eigenvalue weighted by atomic mass is 10.2. The van der Waals surface area contributed by atoms with Gasteiger partial charge in [0.15, 0.2) is 0 Å². The van der Waals surface area contributed by atoms with Gasteiger partial charge in [0, 0.05) is 10.9 Å². The summed E-state index contributed by atoms with van der Waals surface area (Å²) in [6.07, 6.45) is 2.87. The minimum Gasteiger partial charge on any atom is -0.341 e.